The van der Waals surface area contributed by atoms with Crippen LogP contribution in [0.4, 0.5) is 5.82 Å². The van der Waals surface area contributed by atoms with E-state index in [0.29, 0.717) is 6.54 Å². The van der Waals surface area contributed by atoms with Gasteiger partial charge in [-0.3, -0.25) is 4.99 Å². The SMILES string of the molecule is CN=C(NCCc1ccccc1OC)NCc1cc(N(C)C)nc2ccccc12.I. The summed E-state index contributed by atoms with van der Waals surface area (Å²) in [7, 11) is 7.50. The Balaban J connectivity index is 0.00000320. The van der Waals surface area contributed by atoms with Gasteiger partial charge in [0.2, 0.25) is 0 Å². The van der Waals surface area contributed by atoms with E-state index in [1.807, 2.05) is 55.4 Å². The molecule has 3 aromatic rings. The highest BCUT2D eigenvalue weighted by Crippen LogP contribution is 2.22. The quantitative estimate of drug-likeness (QED) is 0.282. The van der Waals surface area contributed by atoms with E-state index >= 15 is 0 Å². The Hall–Kier alpha value is -2.55. The second-order valence-electron chi connectivity index (χ2n) is 6.97. The number of anilines is 1. The number of aromatic nitrogens is 1. The molecule has 0 unspecified atom stereocenters. The standard InChI is InChI=1S/C23H29N5O.HI/c1-24-23(25-14-13-17-9-5-8-12-21(17)29-4)26-16-18-15-22(28(2)3)27-20-11-7-6-10-19(18)20;/h5-12,15H,13-14,16H2,1-4H3,(H2,24,25,26);1H. The van der Waals surface area contributed by atoms with Crippen molar-refractivity contribution in [3.63, 3.8) is 0 Å². The lowest BCUT2D eigenvalue weighted by Gasteiger charge is -2.17. The molecule has 0 saturated carbocycles. The van der Waals surface area contributed by atoms with Crippen LogP contribution in [0.3, 0.4) is 0 Å². The number of pyridine rings is 1. The van der Waals surface area contributed by atoms with Gasteiger partial charge in [0, 0.05) is 39.6 Å². The Kier molecular flexibility index (Phi) is 9.16. The summed E-state index contributed by atoms with van der Waals surface area (Å²) >= 11 is 0. The highest BCUT2D eigenvalue weighted by atomic mass is 127. The van der Waals surface area contributed by atoms with E-state index in [1.54, 1.807) is 14.2 Å². The van der Waals surface area contributed by atoms with Gasteiger partial charge in [-0.2, -0.15) is 0 Å². The molecule has 0 aliphatic carbocycles. The Morgan fingerprint density at radius 1 is 1.03 bits per heavy atom. The Bertz CT molecular complexity index is 990. The largest absolute Gasteiger partial charge is 0.496 e. The number of methoxy groups -OCH3 is 1. The first-order valence-electron chi connectivity index (χ1n) is 9.74. The average Bonchev–Trinajstić information content (AvgIpc) is 2.75. The molecule has 0 spiro atoms. The molecule has 1 aromatic heterocycles. The molecule has 160 valence electrons. The van der Waals surface area contributed by atoms with E-state index in [9.17, 15) is 0 Å². The summed E-state index contributed by atoms with van der Waals surface area (Å²) in [4.78, 5) is 11.1. The monoisotopic (exact) mass is 519 g/mol. The molecule has 30 heavy (non-hydrogen) atoms. The lowest BCUT2D eigenvalue weighted by atomic mass is 10.1. The third kappa shape index (κ3) is 5.98. The highest BCUT2D eigenvalue weighted by molar-refractivity contribution is 14.0. The van der Waals surface area contributed by atoms with Gasteiger partial charge in [-0.1, -0.05) is 36.4 Å². The topological polar surface area (TPSA) is 61.8 Å². The molecular formula is C23H30IN5O. The van der Waals surface area contributed by atoms with Gasteiger partial charge in [0.1, 0.15) is 11.6 Å². The van der Waals surface area contributed by atoms with E-state index in [4.69, 9.17) is 9.72 Å². The number of aliphatic imine (C=N–C) groups is 1. The summed E-state index contributed by atoms with van der Waals surface area (Å²) in [5.41, 5.74) is 3.36. The minimum absolute atomic E-state index is 0. The van der Waals surface area contributed by atoms with Gasteiger partial charge >= 0.3 is 0 Å². The third-order valence-electron chi connectivity index (χ3n) is 4.80. The van der Waals surface area contributed by atoms with Crippen molar-refractivity contribution < 1.29 is 4.74 Å². The summed E-state index contributed by atoms with van der Waals surface area (Å²) in [5.74, 6) is 2.63. The van der Waals surface area contributed by atoms with Crippen molar-refractivity contribution in [1.29, 1.82) is 0 Å². The minimum Gasteiger partial charge on any atom is -0.496 e. The molecule has 2 aromatic carbocycles. The molecule has 0 aliphatic rings. The van der Waals surface area contributed by atoms with Crippen LogP contribution < -0.4 is 20.3 Å². The van der Waals surface area contributed by atoms with Crippen molar-refractivity contribution in [1.82, 2.24) is 15.6 Å². The van der Waals surface area contributed by atoms with Crippen LogP contribution in [-0.2, 0) is 13.0 Å². The molecule has 0 bridgehead atoms. The number of ether oxygens (including phenoxy) is 1. The molecule has 0 radical (unpaired) electrons. The lowest BCUT2D eigenvalue weighted by molar-refractivity contribution is 0.409. The number of hydrogen-bond acceptors (Lipinski definition) is 4. The van der Waals surface area contributed by atoms with E-state index in [2.05, 4.69) is 33.8 Å². The number of nitrogens with one attached hydrogen (secondary N) is 2. The van der Waals surface area contributed by atoms with Crippen molar-refractivity contribution in [3.05, 3.63) is 65.7 Å². The number of para-hydroxylation sites is 2. The molecule has 0 atom stereocenters. The molecule has 7 heteroatoms. The normalized spacial score (nSPS) is 11.0. The third-order valence-corrected chi connectivity index (χ3v) is 4.80. The molecule has 2 N–H and O–H groups in total. The van der Waals surface area contributed by atoms with Crippen molar-refractivity contribution >= 4 is 46.7 Å². The van der Waals surface area contributed by atoms with Crippen molar-refractivity contribution in [2.24, 2.45) is 4.99 Å². The second kappa shape index (κ2) is 11.6. The lowest BCUT2D eigenvalue weighted by Crippen LogP contribution is -2.38. The molecule has 1 heterocycles. The van der Waals surface area contributed by atoms with Gasteiger partial charge in [0.05, 0.1) is 12.6 Å². The van der Waals surface area contributed by atoms with Gasteiger partial charge in [-0.25, -0.2) is 4.98 Å². The molecule has 0 amide bonds. The van der Waals surface area contributed by atoms with Gasteiger partial charge in [0.25, 0.3) is 0 Å². The smallest absolute Gasteiger partial charge is 0.191 e. The number of halogens is 1. The summed E-state index contributed by atoms with van der Waals surface area (Å²) in [6.45, 7) is 1.43. The van der Waals surface area contributed by atoms with Crippen LogP contribution in [0.1, 0.15) is 11.1 Å². The van der Waals surface area contributed by atoms with E-state index in [1.165, 1.54) is 11.1 Å². The maximum atomic E-state index is 5.42. The molecule has 6 nitrogen and oxygen atoms in total. The fourth-order valence-corrected chi connectivity index (χ4v) is 3.23. The first-order chi connectivity index (χ1) is 14.1. The van der Waals surface area contributed by atoms with Crippen LogP contribution in [0.2, 0.25) is 0 Å². The fraction of sp³-hybridized carbons (Fsp3) is 0.304. The van der Waals surface area contributed by atoms with Crippen LogP contribution >= 0.6 is 24.0 Å². The van der Waals surface area contributed by atoms with Gasteiger partial charge < -0.3 is 20.3 Å². The minimum atomic E-state index is 0. The number of fused-ring (bicyclic) bond motifs is 1. The van der Waals surface area contributed by atoms with E-state index in [-0.39, 0.29) is 24.0 Å². The van der Waals surface area contributed by atoms with Gasteiger partial charge in [-0.05, 0) is 35.7 Å². The fourth-order valence-electron chi connectivity index (χ4n) is 3.23. The van der Waals surface area contributed by atoms with Crippen LogP contribution in [0.5, 0.6) is 5.75 Å². The zero-order valence-electron chi connectivity index (χ0n) is 18.0. The summed E-state index contributed by atoms with van der Waals surface area (Å²) in [6, 6.07) is 18.4. The van der Waals surface area contributed by atoms with Crippen LogP contribution in [-0.4, -0.2) is 45.7 Å². The van der Waals surface area contributed by atoms with E-state index in [0.717, 1.165) is 41.4 Å². The average molecular weight is 519 g/mol. The molecular weight excluding hydrogens is 489 g/mol. The second-order valence-corrected chi connectivity index (χ2v) is 6.97. The van der Waals surface area contributed by atoms with Crippen LogP contribution in [0, 0.1) is 0 Å². The molecule has 3 rings (SSSR count). The predicted octanol–water partition coefficient (Wildman–Crippen LogP) is 3.84. The maximum Gasteiger partial charge on any atom is 0.191 e. The van der Waals surface area contributed by atoms with E-state index < -0.39 is 0 Å². The Labute approximate surface area is 195 Å². The Morgan fingerprint density at radius 2 is 1.77 bits per heavy atom. The number of hydrogen-bond donors (Lipinski definition) is 2. The predicted molar refractivity (Wildman–Crippen MR) is 136 cm³/mol. The maximum absolute atomic E-state index is 5.42. The first kappa shape index (κ1) is 23.7. The number of guanidine groups is 1. The molecule has 0 aliphatic heterocycles. The zero-order valence-corrected chi connectivity index (χ0v) is 20.3. The van der Waals surface area contributed by atoms with Crippen molar-refractivity contribution in [3.8, 4) is 5.75 Å². The highest BCUT2D eigenvalue weighted by Gasteiger charge is 2.08. The van der Waals surface area contributed by atoms with Crippen LogP contribution in [0.15, 0.2) is 59.6 Å². The van der Waals surface area contributed by atoms with Crippen molar-refractivity contribution in [2.45, 2.75) is 13.0 Å². The summed E-state index contributed by atoms with van der Waals surface area (Å²) < 4.78 is 5.42. The Morgan fingerprint density at radius 3 is 2.50 bits per heavy atom. The first-order valence-corrected chi connectivity index (χ1v) is 9.74. The summed E-state index contributed by atoms with van der Waals surface area (Å²) in [6.07, 6.45) is 0.855. The zero-order chi connectivity index (χ0) is 20.6. The number of benzene rings is 2. The van der Waals surface area contributed by atoms with Gasteiger partial charge in [0.15, 0.2) is 5.96 Å². The number of rotatable bonds is 7. The van der Waals surface area contributed by atoms with Gasteiger partial charge in [-0.15, -0.1) is 24.0 Å². The van der Waals surface area contributed by atoms with Crippen molar-refractivity contribution in [2.75, 3.05) is 39.7 Å². The van der Waals surface area contributed by atoms with Crippen LogP contribution in [0.25, 0.3) is 10.9 Å². The number of nitrogens with zero attached hydrogens (tertiary/aromatic N) is 3. The molecule has 0 fully saturated rings. The molecule has 0 saturated heterocycles. The summed E-state index contributed by atoms with van der Waals surface area (Å²) in [5, 5.41) is 7.95.